The van der Waals surface area contributed by atoms with Crippen molar-refractivity contribution in [3.8, 4) is 5.75 Å². The van der Waals surface area contributed by atoms with Crippen LogP contribution >= 0.6 is 12.2 Å². The first-order chi connectivity index (χ1) is 9.72. The number of H-pyrrole nitrogens is 1. The van der Waals surface area contributed by atoms with Crippen LogP contribution in [0, 0.1) is 4.77 Å². The van der Waals surface area contributed by atoms with Crippen molar-refractivity contribution in [2.45, 2.75) is 20.0 Å². The van der Waals surface area contributed by atoms with E-state index in [1.807, 2.05) is 27.3 Å². The van der Waals surface area contributed by atoms with E-state index >= 15 is 0 Å². The molecule has 1 N–H and O–H groups in total. The van der Waals surface area contributed by atoms with Crippen LogP contribution in [0.2, 0.25) is 0 Å². The third-order valence-corrected chi connectivity index (χ3v) is 3.64. The Morgan fingerprint density at radius 3 is 3.00 bits per heavy atom. The summed E-state index contributed by atoms with van der Waals surface area (Å²) < 4.78 is 9.91. The Labute approximate surface area is 121 Å². The van der Waals surface area contributed by atoms with E-state index in [2.05, 4.69) is 22.1 Å². The summed E-state index contributed by atoms with van der Waals surface area (Å²) in [5.74, 6) is 1.69. The van der Waals surface area contributed by atoms with E-state index in [0.717, 1.165) is 29.2 Å². The van der Waals surface area contributed by atoms with E-state index < -0.39 is 0 Å². The van der Waals surface area contributed by atoms with Gasteiger partial charge in [0, 0.05) is 12.6 Å². The molecular weight excluding hydrogens is 274 g/mol. The Bertz CT molecular complexity index is 801. The third-order valence-electron chi connectivity index (χ3n) is 3.32. The number of aromatic amines is 1. The summed E-state index contributed by atoms with van der Waals surface area (Å²) >= 11 is 5.39. The number of nitrogens with one attached hydrogen (secondary N) is 1. The van der Waals surface area contributed by atoms with Crippen LogP contribution in [0.1, 0.15) is 12.7 Å². The van der Waals surface area contributed by atoms with Crippen molar-refractivity contribution in [3.63, 3.8) is 0 Å². The fraction of sp³-hybridized carbons (Fsp3) is 0.308. The highest BCUT2D eigenvalue weighted by atomic mass is 32.1. The summed E-state index contributed by atoms with van der Waals surface area (Å²) in [6, 6.07) is 5.85. The Kier molecular flexibility index (Phi) is 3.27. The lowest BCUT2D eigenvalue weighted by Gasteiger charge is -2.06. The summed E-state index contributed by atoms with van der Waals surface area (Å²) in [7, 11) is 1.65. The van der Waals surface area contributed by atoms with Crippen LogP contribution in [0.25, 0.3) is 11.0 Å². The van der Waals surface area contributed by atoms with E-state index in [0.29, 0.717) is 11.3 Å². The predicted octanol–water partition coefficient (Wildman–Crippen LogP) is 2.37. The molecule has 2 aromatic heterocycles. The predicted molar refractivity (Wildman–Crippen MR) is 78.5 cm³/mol. The van der Waals surface area contributed by atoms with Crippen LogP contribution in [0.5, 0.6) is 5.75 Å². The normalized spacial score (nSPS) is 11.1. The van der Waals surface area contributed by atoms with Crippen molar-refractivity contribution in [2.24, 2.45) is 0 Å². The highest BCUT2D eigenvalue weighted by molar-refractivity contribution is 7.71. The molecule has 0 fully saturated rings. The molecule has 20 heavy (non-hydrogen) atoms. The molecule has 0 amide bonds. The smallest absolute Gasteiger partial charge is 0.178 e. The van der Waals surface area contributed by atoms with Crippen molar-refractivity contribution >= 4 is 23.3 Å². The Morgan fingerprint density at radius 1 is 1.40 bits per heavy atom. The van der Waals surface area contributed by atoms with Gasteiger partial charge in [0.15, 0.2) is 10.6 Å². The van der Waals surface area contributed by atoms with Gasteiger partial charge in [0.25, 0.3) is 0 Å². The van der Waals surface area contributed by atoms with E-state index in [1.54, 1.807) is 13.4 Å². The number of nitrogens with zero attached hydrogens (tertiary/aromatic N) is 4. The van der Waals surface area contributed by atoms with Crippen molar-refractivity contribution < 1.29 is 4.74 Å². The molecular formula is C13H15N5OS. The maximum Gasteiger partial charge on any atom is 0.178 e. The lowest BCUT2D eigenvalue weighted by molar-refractivity contribution is 0.415. The second kappa shape index (κ2) is 5.09. The minimum Gasteiger partial charge on any atom is -0.497 e. The van der Waals surface area contributed by atoms with Crippen LogP contribution in [0.15, 0.2) is 24.5 Å². The minimum absolute atomic E-state index is 0.596. The summed E-state index contributed by atoms with van der Waals surface area (Å²) in [6.45, 7) is 3.50. The molecule has 0 saturated heterocycles. The summed E-state index contributed by atoms with van der Waals surface area (Å²) in [6.07, 6.45) is 1.73. The molecule has 0 atom stereocenters. The number of hydrogen-bond acceptors (Lipinski definition) is 4. The van der Waals surface area contributed by atoms with Crippen molar-refractivity contribution in [1.29, 1.82) is 0 Å². The number of imidazole rings is 1. The molecule has 1 aromatic carbocycles. The second-order valence-corrected chi connectivity index (χ2v) is 4.82. The molecule has 0 saturated carbocycles. The SMILES string of the molecule is CCn1cnnc1Cn1c(=S)[nH]c2cc(OC)ccc21. The number of methoxy groups -OCH3 is 1. The molecule has 0 unspecified atom stereocenters. The average molecular weight is 289 g/mol. The van der Waals surface area contributed by atoms with Crippen molar-refractivity contribution in [3.05, 3.63) is 35.1 Å². The molecule has 0 aliphatic carbocycles. The highest BCUT2D eigenvalue weighted by Crippen LogP contribution is 2.21. The molecule has 0 aliphatic heterocycles. The zero-order chi connectivity index (χ0) is 14.1. The topological polar surface area (TPSA) is 60.7 Å². The Morgan fingerprint density at radius 2 is 2.25 bits per heavy atom. The first kappa shape index (κ1) is 12.9. The molecule has 0 bridgehead atoms. The van der Waals surface area contributed by atoms with Crippen LogP contribution in [0.3, 0.4) is 0 Å². The summed E-state index contributed by atoms with van der Waals surface area (Å²) in [4.78, 5) is 3.19. The fourth-order valence-corrected chi connectivity index (χ4v) is 2.51. The second-order valence-electron chi connectivity index (χ2n) is 4.43. The zero-order valence-electron chi connectivity index (χ0n) is 11.3. The Balaban J connectivity index is 2.07. The maximum atomic E-state index is 5.39. The molecule has 6 nitrogen and oxygen atoms in total. The van der Waals surface area contributed by atoms with Gasteiger partial charge in [-0.25, -0.2) is 0 Å². The number of rotatable bonds is 4. The van der Waals surface area contributed by atoms with E-state index in [1.165, 1.54) is 0 Å². The van der Waals surface area contributed by atoms with Gasteiger partial charge in [0.2, 0.25) is 0 Å². The molecule has 7 heteroatoms. The number of hydrogen-bond donors (Lipinski definition) is 1. The third kappa shape index (κ3) is 2.09. The monoisotopic (exact) mass is 289 g/mol. The molecule has 0 spiro atoms. The van der Waals surface area contributed by atoms with Gasteiger partial charge in [0.1, 0.15) is 12.1 Å². The van der Waals surface area contributed by atoms with E-state index in [4.69, 9.17) is 17.0 Å². The fourth-order valence-electron chi connectivity index (χ4n) is 2.23. The molecule has 3 rings (SSSR count). The zero-order valence-corrected chi connectivity index (χ0v) is 12.1. The number of benzene rings is 1. The van der Waals surface area contributed by atoms with Crippen molar-refractivity contribution in [2.75, 3.05) is 7.11 Å². The summed E-state index contributed by atoms with van der Waals surface area (Å²) in [5, 5.41) is 8.10. The minimum atomic E-state index is 0.596. The van der Waals surface area contributed by atoms with E-state index in [-0.39, 0.29) is 0 Å². The average Bonchev–Trinajstić information content (AvgIpc) is 3.03. The number of ether oxygens (including phenoxy) is 1. The maximum absolute atomic E-state index is 5.39. The molecule has 0 aliphatic rings. The standard InChI is InChI=1S/C13H15N5OS/c1-3-17-8-14-16-12(17)7-18-11-5-4-9(19-2)6-10(11)15-13(18)20/h4-6,8H,3,7H2,1-2H3,(H,15,20). The van der Waals surface area contributed by atoms with Gasteiger partial charge < -0.3 is 18.9 Å². The molecule has 3 aromatic rings. The van der Waals surface area contributed by atoms with E-state index in [9.17, 15) is 0 Å². The number of aryl methyl sites for hydroxylation is 1. The molecule has 2 heterocycles. The highest BCUT2D eigenvalue weighted by Gasteiger charge is 2.09. The van der Waals surface area contributed by atoms with Gasteiger partial charge in [-0.15, -0.1) is 10.2 Å². The van der Waals surface area contributed by atoms with Gasteiger partial charge in [-0.2, -0.15) is 0 Å². The van der Waals surface area contributed by atoms with Crippen LogP contribution in [-0.4, -0.2) is 31.4 Å². The molecule has 104 valence electrons. The summed E-state index contributed by atoms with van der Waals surface area (Å²) in [5.41, 5.74) is 1.98. The van der Waals surface area contributed by atoms with Crippen LogP contribution in [-0.2, 0) is 13.1 Å². The number of aromatic nitrogens is 5. The first-order valence-corrected chi connectivity index (χ1v) is 6.77. The lowest BCUT2D eigenvalue weighted by Crippen LogP contribution is -2.07. The van der Waals surface area contributed by atoms with Crippen LogP contribution in [0.4, 0.5) is 0 Å². The lowest BCUT2D eigenvalue weighted by atomic mass is 10.3. The quantitative estimate of drug-likeness (QED) is 0.749. The van der Waals surface area contributed by atoms with Gasteiger partial charge in [-0.1, -0.05) is 0 Å². The van der Waals surface area contributed by atoms with Gasteiger partial charge in [-0.3, -0.25) is 0 Å². The van der Waals surface area contributed by atoms with Gasteiger partial charge in [0.05, 0.1) is 24.7 Å². The molecule has 0 radical (unpaired) electrons. The first-order valence-electron chi connectivity index (χ1n) is 6.36. The number of fused-ring (bicyclic) bond motifs is 1. The van der Waals surface area contributed by atoms with Gasteiger partial charge in [-0.05, 0) is 31.3 Å². The van der Waals surface area contributed by atoms with Crippen LogP contribution < -0.4 is 4.74 Å². The largest absolute Gasteiger partial charge is 0.497 e. The van der Waals surface area contributed by atoms with Gasteiger partial charge >= 0.3 is 0 Å². The van der Waals surface area contributed by atoms with Crippen molar-refractivity contribution in [1.82, 2.24) is 24.3 Å². The Hall–Kier alpha value is -2.15.